The van der Waals surface area contributed by atoms with Crippen LogP contribution >= 0.6 is 0 Å². The van der Waals surface area contributed by atoms with Gasteiger partial charge in [-0.25, -0.2) is 19.2 Å². The molecular formula is C36H30O14. The van der Waals surface area contributed by atoms with Crippen molar-refractivity contribution in [1.82, 2.24) is 0 Å². The van der Waals surface area contributed by atoms with Gasteiger partial charge < -0.3 is 50.3 Å². The van der Waals surface area contributed by atoms with E-state index in [0.29, 0.717) is 5.56 Å². The van der Waals surface area contributed by atoms with Gasteiger partial charge in [0.2, 0.25) is 12.2 Å². The quantitative estimate of drug-likeness (QED) is 0.0429. The number of rotatable bonds is 13. The molecule has 14 nitrogen and oxygen atoms in total. The predicted molar refractivity (Wildman–Crippen MR) is 175 cm³/mol. The molecule has 4 aromatic carbocycles. The highest BCUT2D eigenvalue weighted by Crippen LogP contribution is 2.39. The number of aliphatic carboxylic acids is 2. The van der Waals surface area contributed by atoms with Gasteiger partial charge in [-0.1, -0.05) is 48.5 Å². The molecule has 0 aliphatic heterocycles. The minimum atomic E-state index is -1.83. The summed E-state index contributed by atoms with van der Waals surface area (Å²) >= 11 is 0. The first-order valence-corrected chi connectivity index (χ1v) is 14.6. The molecule has 50 heavy (non-hydrogen) atoms. The van der Waals surface area contributed by atoms with Crippen molar-refractivity contribution >= 4 is 41.6 Å². The number of benzene rings is 4. The van der Waals surface area contributed by atoms with Crippen LogP contribution in [0.25, 0.3) is 17.7 Å². The molecule has 14 heteroatoms. The number of carboxylic acids is 2. The lowest BCUT2D eigenvalue weighted by atomic mass is 9.95. The zero-order chi connectivity index (χ0) is 36.5. The Balaban J connectivity index is 1.68. The molecule has 0 amide bonds. The number of esters is 2. The summed E-state index contributed by atoms with van der Waals surface area (Å²) in [5.74, 6) is -8.99. The fourth-order valence-electron chi connectivity index (χ4n) is 4.68. The largest absolute Gasteiger partial charge is 0.504 e. The minimum absolute atomic E-state index is 0.0814. The van der Waals surface area contributed by atoms with E-state index in [9.17, 15) is 60.0 Å². The maximum Gasteiger partial charge on any atom is 0.345 e. The summed E-state index contributed by atoms with van der Waals surface area (Å²) in [5, 5.41) is 79.4. The van der Waals surface area contributed by atoms with Gasteiger partial charge in [-0.05, 0) is 64.7 Å². The number of phenols is 6. The van der Waals surface area contributed by atoms with Crippen molar-refractivity contribution in [2.24, 2.45) is 0 Å². The van der Waals surface area contributed by atoms with E-state index in [1.165, 1.54) is 24.3 Å². The monoisotopic (exact) mass is 686 g/mol. The van der Waals surface area contributed by atoms with Gasteiger partial charge in [0.05, 0.1) is 5.57 Å². The standard InChI is InChI=1S/C36H30O14/c37-24-10-6-20(15-27(24)40)17-29(34(44)45)49-31(42)13-9-22-8-12-26(39)33(43)32(22)23(14-19-4-2-1-3-5-19)36(48)50-30(35(46)47)18-21-7-11-25(38)28(41)16-21/h1-16,29-30,37-41,43H,17-18H2,(H,44,45)(H,46,47)/b13-9+,23-14-. The Morgan fingerprint density at radius 1 is 0.620 bits per heavy atom. The Kier molecular flexibility index (Phi) is 11.3. The first kappa shape index (κ1) is 35.9. The summed E-state index contributed by atoms with van der Waals surface area (Å²) in [6.45, 7) is 0. The molecule has 0 radical (unpaired) electrons. The predicted octanol–water partition coefficient (Wildman–Crippen LogP) is 3.95. The number of carbonyl (C=O) groups is 4. The number of carbonyl (C=O) groups excluding carboxylic acids is 2. The average molecular weight is 687 g/mol. The van der Waals surface area contributed by atoms with Crippen molar-refractivity contribution in [3.8, 4) is 34.5 Å². The van der Waals surface area contributed by atoms with Crippen LogP contribution in [0.5, 0.6) is 34.5 Å². The highest BCUT2D eigenvalue weighted by atomic mass is 16.6. The van der Waals surface area contributed by atoms with Crippen molar-refractivity contribution in [3.63, 3.8) is 0 Å². The van der Waals surface area contributed by atoms with Crippen molar-refractivity contribution in [2.75, 3.05) is 0 Å². The van der Waals surface area contributed by atoms with Gasteiger partial charge in [-0.15, -0.1) is 0 Å². The molecule has 0 saturated carbocycles. The van der Waals surface area contributed by atoms with Crippen LogP contribution in [0, 0.1) is 0 Å². The third-order valence-electron chi connectivity index (χ3n) is 7.17. The number of hydrogen-bond acceptors (Lipinski definition) is 12. The van der Waals surface area contributed by atoms with Gasteiger partial charge in [0.25, 0.3) is 0 Å². The summed E-state index contributed by atoms with van der Waals surface area (Å²) in [5.41, 5.74) is -0.111. The summed E-state index contributed by atoms with van der Waals surface area (Å²) < 4.78 is 10.4. The third kappa shape index (κ3) is 9.10. The van der Waals surface area contributed by atoms with E-state index in [4.69, 9.17) is 9.47 Å². The van der Waals surface area contributed by atoms with Crippen LogP contribution in [0.2, 0.25) is 0 Å². The van der Waals surface area contributed by atoms with Crippen molar-refractivity contribution in [3.05, 3.63) is 113 Å². The first-order chi connectivity index (χ1) is 23.7. The van der Waals surface area contributed by atoms with Gasteiger partial charge in [-0.2, -0.15) is 0 Å². The Labute approximate surface area is 283 Å². The summed E-state index contributed by atoms with van der Waals surface area (Å²) in [6, 6.07) is 17.4. The van der Waals surface area contributed by atoms with E-state index in [1.54, 1.807) is 30.3 Å². The molecular weight excluding hydrogens is 656 g/mol. The normalized spacial score (nSPS) is 12.6. The zero-order valence-electron chi connectivity index (χ0n) is 25.8. The second-order valence-corrected chi connectivity index (χ2v) is 10.7. The van der Waals surface area contributed by atoms with E-state index in [2.05, 4.69) is 0 Å². The van der Waals surface area contributed by atoms with Crippen LogP contribution in [-0.2, 0) is 41.5 Å². The number of phenolic OH excluding ortho intramolecular Hbond substituents is 6. The molecule has 2 atom stereocenters. The molecule has 0 aliphatic carbocycles. The fraction of sp³-hybridized carbons (Fsp3) is 0.111. The molecule has 8 N–H and O–H groups in total. The Morgan fingerprint density at radius 2 is 1.14 bits per heavy atom. The van der Waals surface area contributed by atoms with E-state index in [0.717, 1.165) is 42.5 Å². The summed E-state index contributed by atoms with van der Waals surface area (Å²) in [4.78, 5) is 50.4. The topological polar surface area (TPSA) is 249 Å². The van der Waals surface area contributed by atoms with Crippen LogP contribution in [0.1, 0.15) is 27.8 Å². The van der Waals surface area contributed by atoms with Crippen molar-refractivity contribution < 1.29 is 69.5 Å². The van der Waals surface area contributed by atoms with Crippen molar-refractivity contribution in [1.29, 1.82) is 0 Å². The zero-order valence-corrected chi connectivity index (χ0v) is 25.8. The van der Waals surface area contributed by atoms with E-state index < -0.39 is 82.6 Å². The molecule has 0 spiro atoms. The van der Waals surface area contributed by atoms with Gasteiger partial charge >= 0.3 is 23.9 Å². The molecule has 0 fully saturated rings. The fourth-order valence-corrected chi connectivity index (χ4v) is 4.68. The van der Waals surface area contributed by atoms with Crippen molar-refractivity contribution in [2.45, 2.75) is 25.0 Å². The highest BCUT2D eigenvalue weighted by molar-refractivity contribution is 6.23. The first-order valence-electron chi connectivity index (χ1n) is 14.6. The lowest BCUT2D eigenvalue weighted by Gasteiger charge is -2.18. The lowest BCUT2D eigenvalue weighted by molar-refractivity contribution is -0.160. The van der Waals surface area contributed by atoms with Crippen LogP contribution < -0.4 is 0 Å². The second kappa shape index (κ2) is 15.8. The highest BCUT2D eigenvalue weighted by Gasteiger charge is 2.29. The lowest BCUT2D eigenvalue weighted by Crippen LogP contribution is -2.29. The second-order valence-electron chi connectivity index (χ2n) is 10.7. The molecule has 4 aromatic rings. The van der Waals surface area contributed by atoms with E-state index >= 15 is 0 Å². The SMILES string of the molecule is O=C(/C=C/c1ccc(O)c(O)c1/C(=C/c1ccccc1)C(=O)OC(Cc1ccc(O)c(O)c1)C(=O)O)OC(Cc1ccc(O)c(O)c1)C(=O)O. The molecule has 4 rings (SSSR count). The molecule has 0 saturated heterocycles. The molecule has 2 unspecified atom stereocenters. The van der Waals surface area contributed by atoms with Crippen LogP contribution in [-0.4, -0.2) is 76.9 Å². The molecule has 0 heterocycles. The van der Waals surface area contributed by atoms with Gasteiger partial charge in [0.1, 0.15) is 0 Å². The number of ether oxygens (including phenoxy) is 2. The number of carboxylic acid groups (broad SMARTS) is 2. The molecule has 0 aromatic heterocycles. The Bertz CT molecular complexity index is 1980. The van der Waals surface area contributed by atoms with Crippen LogP contribution in [0.4, 0.5) is 0 Å². The summed E-state index contributed by atoms with van der Waals surface area (Å²) in [6.07, 6.45) is -1.28. The summed E-state index contributed by atoms with van der Waals surface area (Å²) in [7, 11) is 0. The number of hydrogen-bond donors (Lipinski definition) is 8. The Morgan fingerprint density at radius 3 is 1.66 bits per heavy atom. The smallest absolute Gasteiger partial charge is 0.345 e. The van der Waals surface area contributed by atoms with Gasteiger partial charge in [0.15, 0.2) is 34.5 Å². The Hall–Kier alpha value is -6.96. The minimum Gasteiger partial charge on any atom is -0.504 e. The average Bonchev–Trinajstić information content (AvgIpc) is 3.07. The van der Waals surface area contributed by atoms with Crippen LogP contribution in [0.3, 0.4) is 0 Å². The molecule has 0 bridgehead atoms. The van der Waals surface area contributed by atoms with Gasteiger partial charge in [-0.3, -0.25) is 0 Å². The maximum absolute atomic E-state index is 13.7. The molecule has 258 valence electrons. The van der Waals surface area contributed by atoms with Gasteiger partial charge in [0, 0.05) is 24.5 Å². The van der Waals surface area contributed by atoms with E-state index in [1.807, 2.05) is 0 Å². The number of aromatic hydroxyl groups is 6. The van der Waals surface area contributed by atoms with Crippen LogP contribution in [0.15, 0.2) is 84.9 Å². The maximum atomic E-state index is 13.7. The van der Waals surface area contributed by atoms with E-state index in [-0.39, 0.29) is 28.7 Å². The third-order valence-corrected chi connectivity index (χ3v) is 7.17. The molecule has 0 aliphatic rings.